The van der Waals surface area contributed by atoms with Crippen molar-refractivity contribution in [3.05, 3.63) is 34.9 Å². The van der Waals surface area contributed by atoms with Gasteiger partial charge in [-0.25, -0.2) is 0 Å². The van der Waals surface area contributed by atoms with Gasteiger partial charge in [0, 0.05) is 13.0 Å². The first-order valence-electron chi connectivity index (χ1n) is 7.69. The lowest BCUT2D eigenvalue weighted by molar-refractivity contribution is -0.141. The van der Waals surface area contributed by atoms with Crippen molar-refractivity contribution in [2.45, 2.75) is 52.1 Å². The molecule has 0 aliphatic carbocycles. The van der Waals surface area contributed by atoms with Gasteiger partial charge in [0.25, 0.3) is 0 Å². The van der Waals surface area contributed by atoms with Gasteiger partial charge < -0.3 is 4.90 Å². The van der Waals surface area contributed by atoms with Crippen molar-refractivity contribution < 1.29 is 14.4 Å². The van der Waals surface area contributed by atoms with Crippen molar-refractivity contribution in [3.8, 4) is 0 Å². The van der Waals surface area contributed by atoms with E-state index in [1.54, 1.807) is 0 Å². The van der Waals surface area contributed by atoms with E-state index in [2.05, 4.69) is 18.3 Å². The van der Waals surface area contributed by atoms with Crippen LogP contribution in [0, 0.1) is 6.92 Å². The van der Waals surface area contributed by atoms with Gasteiger partial charge in [0.2, 0.25) is 18.2 Å². The fourth-order valence-electron chi connectivity index (χ4n) is 2.89. The van der Waals surface area contributed by atoms with Gasteiger partial charge >= 0.3 is 0 Å². The summed E-state index contributed by atoms with van der Waals surface area (Å²) in [6.07, 6.45) is 3.34. The van der Waals surface area contributed by atoms with Crippen LogP contribution in [-0.4, -0.2) is 29.2 Å². The number of hydrogen-bond acceptors (Lipinski definition) is 3. The number of rotatable bonds is 6. The summed E-state index contributed by atoms with van der Waals surface area (Å²) in [5.41, 5.74) is 3.42. The van der Waals surface area contributed by atoms with E-state index < -0.39 is 6.04 Å². The van der Waals surface area contributed by atoms with E-state index in [1.165, 1.54) is 10.5 Å². The van der Waals surface area contributed by atoms with Gasteiger partial charge in [-0.1, -0.05) is 31.5 Å². The summed E-state index contributed by atoms with van der Waals surface area (Å²) >= 11 is 0. The van der Waals surface area contributed by atoms with Gasteiger partial charge in [0.15, 0.2) is 0 Å². The molecule has 3 amide bonds. The monoisotopic (exact) mass is 302 g/mol. The first kappa shape index (κ1) is 16.2. The Morgan fingerprint density at radius 3 is 2.77 bits per heavy atom. The van der Waals surface area contributed by atoms with E-state index in [0.29, 0.717) is 19.4 Å². The molecule has 2 rings (SSSR count). The Morgan fingerprint density at radius 2 is 2.14 bits per heavy atom. The number of nitrogens with one attached hydrogen (secondary N) is 1. The number of imide groups is 1. The molecule has 0 radical (unpaired) electrons. The third-order valence-electron chi connectivity index (χ3n) is 4.11. The number of amides is 3. The molecule has 1 aromatic carbocycles. The van der Waals surface area contributed by atoms with E-state index >= 15 is 0 Å². The van der Waals surface area contributed by atoms with Gasteiger partial charge in [-0.15, -0.1) is 0 Å². The van der Waals surface area contributed by atoms with Crippen molar-refractivity contribution in [1.29, 1.82) is 0 Å². The Morgan fingerprint density at radius 1 is 1.36 bits per heavy atom. The minimum atomic E-state index is -0.565. The first-order valence-corrected chi connectivity index (χ1v) is 7.69. The van der Waals surface area contributed by atoms with Crippen LogP contribution < -0.4 is 5.32 Å². The molecule has 1 aliphatic heterocycles. The number of benzene rings is 1. The molecule has 1 aromatic rings. The summed E-state index contributed by atoms with van der Waals surface area (Å²) in [5.74, 6) is -0.649. The largest absolute Gasteiger partial charge is 0.329 e. The van der Waals surface area contributed by atoms with Crippen LogP contribution >= 0.6 is 0 Å². The predicted octanol–water partition coefficient (Wildman–Crippen LogP) is 1.71. The average Bonchev–Trinajstić information content (AvgIpc) is 2.48. The number of piperidine rings is 1. The molecule has 0 saturated carbocycles. The molecule has 0 spiro atoms. The molecule has 1 saturated heterocycles. The van der Waals surface area contributed by atoms with Crippen LogP contribution in [0.1, 0.15) is 42.9 Å². The van der Waals surface area contributed by atoms with Crippen LogP contribution in [0.3, 0.4) is 0 Å². The van der Waals surface area contributed by atoms with Crippen LogP contribution in [0.25, 0.3) is 0 Å². The van der Waals surface area contributed by atoms with Crippen LogP contribution in [0.2, 0.25) is 0 Å². The SMILES string of the molecule is CCCc1cccc(C)c1CN(C=O)C1CCC(=O)NC1=O. The second kappa shape index (κ2) is 7.20. The minimum Gasteiger partial charge on any atom is -0.329 e. The lowest BCUT2D eigenvalue weighted by Gasteiger charge is -2.31. The summed E-state index contributed by atoms with van der Waals surface area (Å²) in [7, 11) is 0. The molecule has 1 atom stereocenters. The van der Waals surface area contributed by atoms with Gasteiger partial charge in [-0.05, 0) is 36.5 Å². The number of carbonyl (C=O) groups excluding carboxylic acids is 3. The smallest absolute Gasteiger partial charge is 0.249 e. The third-order valence-corrected chi connectivity index (χ3v) is 4.11. The topological polar surface area (TPSA) is 66.5 Å². The molecule has 1 fully saturated rings. The Labute approximate surface area is 130 Å². The molecule has 22 heavy (non-hydrogen) atoms. The highest BCUT2D eigenvalue weighted by Crippen LogP contribution is 2.21. The maximum atomic E-state index is 12.0. The first-order chi connectivity index (χ1) is 10.6. The van der Waals surface area contributed by atoms with Crippen LogP contribution in [0.5, 0.6) is 0 Å². The summed E-state index contributed by atoms with van der Waals surface area (Å²) in [4.78, 5) is 36.2. The molecule has 1 N–H and O–H groups in total. The van der Waals surface area contributed by atoms with E-state index in [9.17, 15) is 14.4 Å². The molecule has 1 unspecified atom stereocenters. The maximum Gasteiger partial charge on any atom is 0.249 e. The summed E-state index contributed by atoms with van der Waals surface area (Å²) in [5, 5.41) is 2.31. The fourth-order valence-corrected chi connectivity index (χ4v) is 2.89. The zero-order valence-corrected chi connectivity index (χ0v) is 13.1. The Balaban J connectivity index is 2.22. The van der Waals surface area contributed by atoms with E-state index in [0.717, 1.165) is 24.0 Å². The minimum absolute atomic E-state index is 0.269. The highest BCUT2D eigenvalue weighted by Gasteiger charge is 2.31. The molecule has 1 aliphatic rings. The Kier molecular flexibility index (Phi) is 5.31. The van der Waals surface area contributed by atoms with Crippen molar-refractivity contribution in [2.24, 2.45) is 0 Å². The van der Waals surface area contributed by atoms with Crippen molar-refractivity contribution in [3.63, 3.8) is 0 Å². The number of aryl methyl sites for hydroxylation is 2. The summed E-state index contributed by atoms with van der Waals surface area (Å²) in [6, 6.07) is 5.53. The number of carbonyl (C=O) groups is 3. The fraction of sp³-hybridized carbons (Fsp3) is 0.471. The third kappa shape index (κ3) is 3.53. The van der Waals surface area contributed by atoms with Crippen molar-refractivity contribution >= 4 is 18.2 Å². The molecule has 118 valence electrons. The number of nitrogens with zero attached hydrogens (tertiary/aromatic N) is 1. The predicted molar refractivity (Wildman–Crippen MR) is 83.0 cm³/mol. The Bertz CT molecular complexity index is 583. The zero-order chi connectivity index (χ0) is 16.1. The van der Waals surface area contributed by atoms with Gasteiger partial charge in [0.05, 0.1) is 0 Å². The second-order valence-corrected chi connectivity index (χ2v) is 5.71. The van der Waals surface area contributed by atoms with Crippen LogP contribution in [0.4, 0.5) is 0 Å². The standard InChI is InChI=1S/C17H22N2O3/c1-3-5-13-7-4-6-12(2)14(13)10-19(11-20)15-8-9-16(21)18-17(15)22/h4,6-7,11,15H,3,5,8-10H2,1-2H3,(H,18,21,22). The normalized spacial score (nSPS) is 18.0. The zero-order valence-electron chi connectivity index (χ0n) is 13.1. The van der Waals surface area contributed by atoms with Gasteiger partial charge in [-0.2, -0.15) is 0 Å². The van der Waals surface area contributed by atoms with Crippen LogP contribution in [-0.2, 0) is 27.3 Å². The van der Waals surface area contributed by atoms with Gasteiger partial charge in [0.1, 0.15) is 6.04 Å². The second-order valence-electron chi connectivity index (χ2n) is 5.71. The number of hydrogen-bond donors (Lipinski definition) is 1. The van der Waals surface area contributed by atoms with Crippen LogP contribution in [0.15, 0.2) is 18.2 Å². The molecule has 0 aromatic heterocycles. The van der Waals surface area contributed by atoms with E-state index in [-0.39, 0.29) is 18.2 Å². The van der Waals surface area contributed by atoms with Crippen molar-refractivity contribution in [1.82, 2.24) is 10.2 Å². The molecule has 5 nitrogen and oxygen atoms in total. The molecular formula is C17H22N2O3. The molecule has 0 bridgehead atoms. The highest BCUT2D eigenvalue weighted by atomic mass is 16.2. The average molecular weight is 302 g/mol. The maximum absolute atomic E-state index is 12.0. The summed E-state index contributed by atoms with van der Waals surface area (Å²) < 4.78 is 0. The van der Waals surface area contributed by atoms with Gasteiger partial charge in [-0.3, -0.25) is 19.7 Å². The Hall–Kier alpha value is -2.17. The molecule has 1 heterocycles. The highest BCUT2D eigenvalue weighted by molar-refractivity contribution is 6.00. The van der Waals surface area contributed by atoms with E-state index in [4.69, 9.17) is 0 Å². The lowest BCUT2D eigenvalue weighted by atomic mass is 9.97. The summed E-state index contributed by atoms with van der Waals surface area (Å²) in [6.45, 7) is 4.53. The van der Waals surface area contributed by atoms with E-state index in [1.807, 2.05) is 19.1 Å². The molecular weight excluding hydrogens is 280 g/mol. The lowest BCUT2D eigenvalue weighted by Crippen LogP contribution is -2.51. The quantitative estimate of drug-likeness (QED) is 0.642. The molecule has 5 heteroatoms. The van der Waals surface area contributed by atoms with Crippen molar-refractivity contribution in [2.75, 3.05) is 0 Å².